The highest BCUT2D eigenvalue weighted by Gasteiger charge is 2.12. The maximum Gasteiger partial charge on any atom is 0.333 e. The van der Waals surface area contributed by atoms with Gasteiger partial charge in [-0.1, -0.05) is 6.07 Å². The number of ether oxygens (including phenoxy) is 1. The van der Waals surface area contributed by atoms with Crippen molar-refractivity contribution in [2.45, 2.75) is 13.5 Å². The van der Waals surface area contributed by atoms with Crippen LogP contribution in [0.4, 0.5) is 0 Å². The Morgan fingerprint density at radius 2 is 2.12 bits per heavy atom. The first-order chi connectivity index (χ1) is 11.4. The van der Waals surface area contributed by atoms with E-state index in [1.54, 1.807) is 27.1 Å². The van der Waals surface area contributed by atoms with E-state index in [0.29, 0.717) is 9.20 Å². The average molecular weight is 366 g/mol. The Balaban J connectivity index is 2.57. The van der Waals surface area contributed by atoms with Crippen LogP contribution in [0.2, 0.25) is 0 Å². The first-order valence-electron chi connectivity index (χ1n) is 7.26. The highest BCUT2D eigenvalue weighted by molar-refractivity contribution is 7.11. The van der Waals surface area contributed by atoms with Crippen molar-refractivity contribution in [1.29, 1.82) is 0 Å². The van der Waals surface area contributed by atoms with Gasteiger partial charge in [-0.2, -0.15) is 0 Å². The number of amides is 1. The predicted octanol–water partition coefficient (Wildman–Crippen LogP) is 0.232. The molecule has 0 aliphatic carbocycles. The maximum atomic E-state index is 12.6. The number of thiazole rings is 1. The topological polar surface area (TPSA) is 68.6 Å². The molecule has 8 heteroatoms. The van der Waals surface area contributed by atoms with Crippen LogP contribution in [0.15, 0.2) is 22.3 Å². The summed E-state index contributed by atoms with van der Waals surface area (Å²) in [6.07, 6.45) is 3.01. The second-order valence-corrected chi connectivity index (χ2v) is 7.08. The lowest BCUT2D eigenvalue weighted by Crippen LogP contribution is -2.38. The van der Waals surface area contributed by atoms with Gasteiger partial charge in [-0.05, 0) is 24.4 Å². The van der Waals surface area contributed by atoms with E-state index >= 15 is 0 Å². The van der Waals surface area contributed by atoms with Crippen LogP contribution in [0.3, 0.4) is 0 Å². The molecule has 1 amide bonds. The van der Waals surface area contributed by atoms with Crippen LogP contribution < -0.4 is 14.8 Å². The van der Waals surface area contributed by atoms with E-state index in [2.05, 4.69) is 0 Å². The number of carbonyl (C=O) groups excluding carboxylic acids is 2. The van der Waals surface area contributed by atoms with Gasteiger partial charge >= 0.3 is 5.97 Å². The Morgan fingerprint density at radius 3 is 2.71 bits per heavy atom. The van der Waals surface area contributed by atoms with Crippen molar-refractivity contribution in [2.24, 2.45) is 0 Å². The Kier molecular flexibility index (Phi) is 6.10. The molecule has 6 nitrogen and oxygen atoms in total. The summed E-state index contributed by atoms with van der Waals surface area (Å²) in [6, 6.07) is 3.79. The fourth-order valence-corrected chi connectivity index (χ4v) is 3.61. The summed E-state index contributed by atoms with van der Waals surface area (Å²) in [5.74, 6) is -0.761. The monoisotopic (exact) mass is 366 g/mol. The first kappa shape index (κ1) is 18.2. The van der Waals surface area contributed by atoms with Crippen LogP contribution in [-0.2, 0) is 20.9 Å². The number of esters is 1. The normalized spacial score (nSPS) is 12.5. The summed E-state index contributed by atoms with van der Waals surface area (Å²) in [5.41, 5.74) is -0.292. The van der Waals surface area contributed by atoms with Crippen LogP contribution in [-0.4, -0.2) is 42.0 Å². The van der Waals surface area contributed by atoms with E-state index < -0.39 is 5.97 Å². The van der Waals surface area contributed by atoms with Gasteiger partial charge in [-0.15, -0.1) is 22.7 Å². The summed E-state index contributed by atoms with van der Waals surface area (Å²) in [7, 11) is 3.24. The molecule has 0 saturated carbocycles. The zero-order valence-electron chi connectivity index (χ0n) is 13.6. The Bertz CT molecular complexity index is 892. The van der Waals surface area contributed by atoms with E-state index in [-0.39, 0.29) is 24.6 Å². The zero-order chi connectivity index (χ0) is 17.7. The number of hydrogen-bond acceptors (Lipinski definition) is 6. The number of carbonyl (C=O) groups is 2. The Labute approximate surface area is 146 Å². The van der Waals surface area contributed by atoms with Crippen molar-refractivity contribution in [3.05, 3.63) is 41.9 Å². The van der Waals surface area contributed by atoms with Gasteiger partial charge in [0.2, 0.25) is 5.91 Å². The van der Waals surface area contributed by atoms with E-state index in [9.17, 15) is 14.4 Å². The quantitative estimate of drug-likeness (QED) is 0.711. The van der Waals surface area contributed by atoms with Gasteiger partial charge in [-0.25, -0.2) is 4.79 Å². The van der Waals surface area contributed by atoms with Gasteiger partial charge in [0.05, 0.1) is 17.2 Å². The standard InChI is InChI=1S/C16H18N2O4S2/c1-4-22-15(20)9-14-18(10-13(19)17(2)3)16(21)12(24-14)8-11-6-5-7-23-11/h5-9H,4,10H2,1-3H3. The minimum atomic E-state index is -0.535. The molecule has 128 valence electrons. The number of aromatic nitrogens is 1. The molecule has 2 heterocycles. The van der Waals surface area contributed by atoms with Gasteiger partial charge in [0, 0.05) is 19.0 Å². The molecule has 24 heavy (non-hydrogen) atoms. The highest BCUT2D eigenvalue weighted by atomic mass is 32.1. The third-order valence-electron chi connectivity index (χ3n) is 3.07. The lowest BCUT2D eigenvalue weighted by atomic mass is 10.4. The molecule has 0 unspecified atom stereocenters. The van der Waals surface area contributed by atoms with Crippen molar-refractivity contribution in [1.82, 2.24) is 9.47 Å². The third-order valence-corrected chi connectivity index (χ3v) is 4.95. The van der Waals surface area contributed by atoms with Crippen molar-refractivity contribution >= 4 is 46.7 Å². The molecule has 0 bridgehead atoms. The highest BCUT2D eigenvalue weighted by Crippen LogP contribution is 2.08. The van der Waals surface area contributed by atoms with Crippen LogP contribution in [0.1, 0.15) is 11.8 Å². The summed E-state index contributed by atoms with van der Waals surface area (Å²) in [4.78, 5) is 38.7. The predicted molar refractivity (Wildman–Crippen MR) is 95.5 cm³/mol. The Morgan fingerprint density at radius 1 is 1.38 bits per heavy atom. The average Bonchev–Trinajstić information content (AvgIpc) is 3.12. The van der Waals surface area contributed by atoms with E-state index in [1.165, 1.54) is 38.2 Å². The number of likely N-dealkylation sites (N-methyl/N-ethyl adjacent to an activating group) is 1. The molecular weight excluding hydrogens is 348 g/mol. The SMILES string of the molecule is CCOC(=O)C=c1sc(=Cc2cccs2)c(=O)n1CC(=O)N(C)C. The first-order valence-corrected chi connectivity index (χ1v) is 8.95. The number of thiophene rings is 1. The molecule has 2 rings (SSSR count). The van der Waals surface area contributed by atoms with Crippen LogP contribution in [0, 0.1) is 0 Å². The molecule has 0 spiro atoms. The molecule has 0 fully saturated rings. The zero-order valence-corrected chi connectivity index (χ0v) is 15.3. The summed E-state index contributed by atoms with van der Waals surface area (Å²) in [6.45, 7) is 1.83. The smallest absolute Gasteiger partial charge is 0.333 e. The fourth-order valence-electron chi connectivity index (χ4n) is 1.86. The van der Waals surface area contributed by atoms with Crippen molar-refractivity contribution in [3.8, 4) is 0 Å². The molecule has 0 saturated heterocycles. The van der Waals surface area contributed by atoms with E-state index in [1.807, 2.05) is 17.5 Å². The fraction of sp³-hybridized carbons (Fsp3) is 0.312. The maximum absolute atomic E-state index is 12.6. The molecule has 0 radical (unpaired) electrons. The van der Waals surface area contributed by atoms with Gasteiger partial charge in [-0.3, -0.25) is 14.2 Å². The summed E-state index contributed by atoms with van der Waals surface area (Å²) in [5, 5.41) is 1.92. The Hall–Kier alpha value is -2.19. The van der Waals surface area contributed by atoms with Crippen molar-refractivity contribution in [3.63, 3.8) is 0 Å². The largest absolute Gasteiger partial charge is 0.463 e. The van der Waals surface area contributed by atoms with Gasteiger partial charge in [0.15, 0.2) is 0 Å². The molecule has 2 aromatic heterocycles. The van der Waals surface area contributed by atoms with Crippen molar-refractivity contribution < 1.29 is 14.3 Å². The summed E-state index contributed by atoms with van der Waals surface area (Å²) < 4.78 is 7.08. The van der Waals surface area contributed by atoms with Gasteiger partial charge < -0.3 is 9.64 Å². The van der Waals surface area contributed by atoms with Gasteiger partial charge in [0.25, 0.3) is 5.56 Å². The summed E-state index contributed by atoms with van der Waals surface area (Å²) >= 11 is 2.68. The van der Waals surface area contributed by atoms with Gasteiger partial charge in [0.1, 0.15) is 11.2 Å². The molecular formula is C16H18N2O4S2. The minimum absolute atomic E-state index is 0.119. The molecule has 0 atom stereocenters. The van der Waals surface area contributed by atoms with Crippen LogP contribution in [0.25, 0.3) is 12.2 Å². The van der Waals surface area contributed by atoms with Crippen LogP contribution in [0.5, 0.6) is 0 Å². The second kappa shape index (κ2) is 8.07. The molecule has 0 N–H and O–H groups in total. The molecule has 2 aromatic rings. The molecule has 0 aliphatic heterocycles. The minimum Gasteiger partial charge on any atom is -0.463 e. The lowest BCUT2D eigenvalue weighted by Gasteiger charge is -2.10. The molecule has 0 aromatic carbocycles. The van der Waals surface area contributed by atoms with E-state index in [0.717, 1.165) is 4.88 Å². The number of rotatable bonds is 5. The lowest BCUT2D eigenvalue weighted by molar-refractivity contribution is -0.135. The third kappa shape index (κ3) is 4.42. The number of nitrogens with zero attached hydrogens (tertiary/aromatic N) is 2. The molecule has 0 aliphatic rings. The van der Waals surface area contributed by atoms with Crippen molar-refractivity contribution in [2.75, 3.05) is 20.7 Å². The van der Waals surface area contributed by atoms with Crippen LogP contribution >= 0.6 is 22.7 Å². The van der Waals surface area contributed by atoms with E-state index in [4.69, 9.17) is 4.74 Å². The number of hydrogen-bond donors (Lipinski definition) is 0. The second-order valence-electron chi connectivity index (χ2n) is 5.04.